The van der Waals surface area contributed by atoms with Crippen molar-refractivity contribution in [1.29, 1.82) is 0 Å². The highest BCUT2D eigenvalue weighted by Crippen LogP contribution is 2.20. The molecule has 33 heavy (non-hydrogen) atoms. The Kier molecular flexibility index (Phi) is 15.6. The number of esters is 1. The topological polar surface area (TPSA) is 63.6 Å². The molecule has 4 nitrogen and oxygen atoms in total. The fraction of sp³-hybridized carbons (Fsp3) is 0.724. The van der Waals surface area contributed by atoms with Gasteiger partial charge in [-0.05, 0) is 44.2 Å². The molecule has 0 aliphatic rings. The molecule has 0 fully saturated rings. The number of carbonyl (C=O) groups is 2. The minimum absolute atomic E-state index is 0.100. The van der Waals surface area contributed by atoms with Crippen LogP contribution in [0.2, 0.25) is 0 Å². The van der Waals surface area contributed by atoms with E-state index in [-0.39, 0.29) is 17.2 Å². The van der Waals surface area contributed by atoms with Crippen molar-refractivity contribution in [2.24, 2.45) is 5.92 Å². The fourth-order valence-corrected chi connectivity index (χ4v) is 4.32. The molecule has 0 aromatic heterocycles. The quantitative estimate of drug-likeness (QED) is 0.166. The molecule has 4 heteroatoms. The van der Waals surface area contributed by atoms with Gasteiger partial charge in [0, 0.05) is 0 Å². The van der Waals surface area contributed by atoms with Gasteiger partial charge in [0.1, 0.15) is 0 Å². The third kappa shape index (κ3) is 13.5. The molecule has 1 aromatic rings. The first kappa shape index (κ1) is 29.2. The van der Waals surface area contributed by atoms with E-state index in [1.165, 1.54) is 77.0 Å². The molecule has 1 rings (SSSR count). The number of aryl methyl sites for hydroxylation is 1. The number of carboxylic acid groups (broad SMARTS) is 1. The summed E-state index contributed by atoms with van der Waals surface area (Å²) < 4.78 is 5.21. The van der Waals surface area contributed by atoms with Crippen LogP contribution in [-0.2, 0) is 11.2 Å². The van der Waals surface area contributed by atoms with Gasteiger partial charge in [0.25, 0.3) is 0 Å². The third-order valence-electron chi connectivity index (χ3n) is 6.15. The van der Waals surface area contributed by atoms with E-state index in [1.807, 2.05) is 6.07 Å². The van der Waals surface area contributed by atoms with E-state index in [4.69, 9.17) is 4.74 Å². The molecule has 0 atom stereocenters. The number of carboxylic acids is 1. The molecule has 0 aliphatic carbocycles. The van der Waals surface area contributed by atoms with Gasteiger partial charge in [-0.15, -0.1) is 0 Å². The van der Waals surface area contributed by atoms with Crippen molar-refractivity contribution in [3.8, 4) is 0 Å². The maximum Gasteiger partial charge on any atom is 0.339 e. The lowest BCUT2D eigenvalue weighted by molar-refractivity contribution is 0.0370. The number of aromatic carboxylic acids is 1. The largest absolute Gasteiger partial charge is 0.478 e. The molecule has 0 aliphatic heterocycles. The molecule has 0 spiro atoms. The Morgan fingerprint density at radius 1 is 0.758 bits per heavy atom. The van der Waals surface area contributed by atoms with Crippen molar-refractivity contribution in [2.45, 2.75) is 130 Å². The van der Waals surface area contributed by atoms with E-state index in [1.54, 1.807) is 26.0 Å². The first-order valence-corrected chi connectivity index (χ1v) is 13.4. The Morgan fingerprint density at radius 3 is 1.70 bits per heavy atom. The summed E-state index contributed by atoms with van der Waals surface area (Å²) in [7, 11) is 0. The van der Waals surface area contributed by atoms with E-state index in [9.17, 15) is 14.7 Å². The molecule has 0 radical (unpaired) electrons. The number of hydrogen-bond donors (Lipinski definition) is 1. The molecule has 0 unspecified atom stereocenters. The lowest BCUT2D eigenvalue weighted by Gasteiger charge is -2.13. The highest BCUT2D eigenvalue weighted by Gasteiger charge is 2.21. The van der Waals surface area contributed by atoms with Gasteiger partial charge in [-0.3, -0.25) is 0 Å². The van der Waals surface area contributed by atoms with Crippen LogP contribution in [0.3, 0.4) is 0 Å². The fourth-order valence-electron chi connectivity index (χ4n) is 4.32. The zero-order valence-corrected chi connectivity index (χ0v) is 21.7. The van der Waals surface area contributed by atoms with Gasteiger partial charge in [0.2, 0.25) is 0 Å². The highest BCUT2D eigenvalue weighted by molar-refractivity contribution is 6.03. The Bertz CT molecular complexity index is 678. The zero-order chi connectivity index (χ0) is 24.5. The minimum Gasteiger partial charge on any atom is -0.478 e. The molecule has 1 N–H and O–H groups in total. The monoisotopic (exact) mass is 460 g/mol. The lowest BCUT2D eigenvalue weighted by Crippen LogP contribution is -2.17. The zero-order valence-electron chi connectivity index (χ0n) is 21.7. The van der Waals surface area contributed by atoms with Crippen LogP contribution in [0.5, 0.6) is 0 Å². The van der Waals surface area contributed by atoms with Gasteiger partial charge in [-0.25, -0.2) is 9.59 Å². The molecular weight excluding hydrogens is 412 g/mol. The summed E-state index contributed by atoms with van der Waals surface area (Å²) in [5, 5.41) is 9.66. The molecular formula is C29H48O4. The Hall–Kier alpha value is -1.84. The van der Waals surface area contributed by atoms with Crippen LogP contribution >= 0.6 is 0 Å². The number of rotatable bonds is 19. The van der Waals surface area contributed by atoms with Crippen LogP contribution in [0.25, 0.3) is 0 Å². The second-order valence-electron chi connectivity index (χ2n) is 10.1. The number of ether oxygens (including phenoxy) is 1. The number of unbranched alkanes of at least 4 members (excludes halogenated alkanes) is 12. The van der Waals surface area contributed by atoms with Gasteiger partial charge in [-0.2, -0.15) is 0 Å². The van der Waals surface area contributed by atoms with Gasteiger partial charge in [0.05, 0.1) is 17.2 Å². The van der Waals surface area contributed by atoms with Gasteiger partial charge in [-0.1, -0.05) is 109 Å². The maximum absolute atomic E-state index is 12.3. The van der Waals surface area contributed by atoms with E-state index in [0.29, 0.717) is 6.42 Å². The van der Waals surface area contributed by atoms with Crippen molar-refractivity contribution in [3.05, 3.63) is 34.9 Å². The highest BCUT2D eigenvalue weighted by atomic mass is 16.5. The Morgan fingerprint density at radius 2 is 1.24 bits per heavy atom. The molecule has 188 valence electrons. The summed E-state index contributed by atoms with van der Waals surface area (Å²) >= 11 is 0. The summed E-state index contributed by atoms with van der Waals surface area (Å²) in [5.41, 5.74) is 0.984. The van der Waals surface area contributed by atoms with Gasteiger partial charge >= 0.3 is 11.9 Å². The van der Waals surface area contributed by atoms with Crippen molar-refractivity contribution in [2.75, 3.05) is 0 Å². The second kappa shape index (κ2) is 17.6. The van der Waals surface area contributed by atoms with Crippen LogP contribution < -0.4 is 0 Å². The van der Waals surface area contributed by atoms with E-state index in [2.05, 4.69) is 13.8 Å². The Balaban J connectivity index is 2.16. The molecule has 0 heterocycles. The SMILES string of the molecule is CC(C)CCCCCCCCCCCCCCCc1cccc(C(=O)OC(C)C)c1C(=O)O. The Labute approximate surface area is 202 Å². The summed E-state index contributed by atoms with van der Waals surface area (Å²) in [6.45, 7) is 8.14. The molecule has 0 bridgehead atoms. The predicted octanol–water partition coefficient (Wildman–Crippen LogP) is 8.61. The van der Waals surface area contributed by atoms with Gasteiger partial charge in [0.15, 0.2) is 0 Å². The van der Waals surface area contributed by atoms with Crippen molar-refractivity contribution >= 4 is 11.9 Å². The first-order chi connectivity index (χ1) is 15.8. The number of carbonyl (C=O) groups excluding carboxylic acids is 1. The van der Waals surface area contributed by atoms with Crippen LogP contribution in [0.1, 0.15) is 144 Å². The molecule has 0 amide bonds. The van der Waals surface area contributed by atoms with Crippen molar-refractivity contribution in [1.82, 2.24) is 0 Å². The molecule has 1 aromatic carbocycles. The summed E-state index contributed by atoms with van der Waals surface area (Å²) in [4.78, 5) is 24.1. The number of hydrogen-bond acceptors (Lipinski definition) is 3. The average molecular weight is 461 g/mol. The minimum atomic E-state index is -1.06. The van der Waals surface area contributed by atoms with Crippen molar-refractivity contribution in [3.63, 3.8) is 0 Å². The first-order valence-electron chi connectivity index (χ1n) is 13.4. The predicted molar refractivity (Wildman–Crippen MR) is 137 cm³/mol. The molecule has 0 saturated heterocycles. The smallest absolute Gasteiger partial charge is 0.339 e. The number of benzene rings is 1. The molecule has 0 saturated carbocycles. The van der Waals surface area contributed by atoms with Crippen LogP contribution in [-0.4, -0.2) is 23.1 Å². The van der Waals surface area contributed by atoms with Crippen LogP contribution in [0, 0.1) is 5.92 Å². The van der Waals surface area contributed by atoms with Crippen LogP contribution in [0.15, 0.2) is 18.2 Å². The summed E-state index contributed by atoms with van der Waals surface area (Å²) in [6.07, 6.45) is 18.6. The average Bonchev–Trinajstić information content (AvgIpc) is 2.75. The summed E-state index contributed by atoms with van der Waals surface area (Å²) in [6, 6.07) is 5.12. The van der Waals surface area contributed by atoms with E-state index in [0.717, 1.165) is 24.3 Å². The van der Waals surface area contributed by atoms with Gasteiger partial charge < -0.3 is 9.84 Å². The second-order valence-corrected chi connectivity index (χ2v) is 10.1. The van der Waals surface area contributed by atoms with E-state index >= 15 is 0 Å². The summed E-state index contributed by atoms with van der Waals surface area (Å²) in [5.74, 6) is -0.772. The van der Waals surface area contributed by atoms with Crippen LogP contribution in [0.4, 0.5) is 0 Å². The van der Waals surface area contributed by atoms with Crippen molar-refractivity contribution < 1.29 is 19.4 Å². The lowest BCUT2D eigenvalue weighted by atomic mass is 9.96. The third-order valence-corrected chi connectivity index (χ3v) is 6.15. The maximum atomic E-state index is 12.3. The normalized spacial score (nSPS) is 11.3. The van der Waals surface area contributed by atoms with E-state index < -0.39 is 11.9 Å². The standard InChI is InChI=1S/C29H48O4/c1-23(2)19-16-14-12-10-8-6-5-7-9-11-13-15-17-20-25-21-18-22-26(27(25)28(30)31)29(32)33-24(3)4/h18,21-24H,5-17,19-20H2,1-4H3,(H,30,31).